The van der Waals surface area contributed by atoms with Gasteiger partial charge < -0.3 is 19.9 Å². The lowest BCUT2D eigenvalue weighted by atomic mass is 10.2. The Labute approximate surface area is 173 Å². The summed E-state index contributed by atoms with van der Waals surface area (Å²) in [6, 6.07) is 14.9. The number of nitrogens with zero attached hydrogens (tertiary/aromatic N) is 2. The average molecular weight is 446 g/mol. The van der Waals surface area contributed by atoms with Crippen LogP contribution in [0.25, 0.3) is 0 Å². The molecule has 3 rings (SSSR count). The number of rotatable bonds is 6. The van der Waals surface area contributed by atoms with Crippen molar-refractivity contribution in [1.82, 2.24) is 4.90 Å². The summed E-state index contributed by atoms with van der Waals surface area (Å²) >= 11 is 3.36. The largest absolute Gasteiger partial charge is 0.378 e. The monoisotopic (exact) mass is 445 g/mol. The first-order chi connectivity index (χ1) is 13.6. The van der Waals surface area contributed by atoms with Gasteiger partial charge in [-0.25, -0.2) is 0 Å². The molecule has 0 saturated carbocycles. The van der Waals surface area contributed by atoms with E-state index >= 15 is 0 Å². The normalized spacial score (nSPS) is 13.9. The molecular weight excluding hydrogens is 422 g/mol. The van der Waals surface area contributed by atoms with Gasteiger partial charge in [0.15, 0.2) is 0 Å². The van der Waals surface area contributed by atoms with E-state index in [1.165, 1.54) is 4.90 Å². The lowest BCUT2D eigenvalue weighted by Gasteiger charge is -2.29. The van der Waals surface area contributed by atoms with Crippen molar-refractivity contribution in [3.8, 4) is 0 Å². The van der Waals surface area contributed by atoms with Crippen molar-refractivity contribution >= 4 is 39.1 Å². The van der Waals surface area contributed by atoms with Crippen LogP contribution in [-0.4, -0.2) is 56.1 Å². The number of carbonyl (C=O) groups is 2. The van der Waals surface area contributed by atoms with Crippen LogP contribution in [0.2, 0.25) is 0 Å². The number of benzene rings is 2. The molecule has 0 atom stereocenters. The van der Waals surface area contributed by atoms with Crippen molar-refractivity contribution in [2.45, 2.75) is 6.92 Å². The maximum absolute atomic E-state index is 12.6. The summed E-state index contributed by atoms with van der Waals surface area (Å²) in [5, 5.41) is 2.87. The minimum atomic E-state index is -0.216. The first-order valence-electron chi connectivity index (χ1n) is 9.34. The van der Waals surface area contributed by atoms with Crippen LogP contribution in [0.4, 0.5) is 11.4 Å². The fourth-order valence-electron chi connectivity index (χ4n) is 3.05. The van der Waals surface area contributed by atoms with Gasteiger partial charge in [-0.2, -0.15) is 0 Å². The summed E-state index contributed by atoms with van der Waals surface area (Å²) in [7, 11) is 0. The van der Waals surface area contributed by atoms with Crippen LogP contribution >= 0.6 is 15.9 Å². The van der Waals surface area contributed by atoms with E-state index in [1.54, 1.807) is 12.1 Å². The zero-order valence-corrected chi connectivity index (χ0v) is 17.4. The molecule has 0 unspecified atom stereocenters. The number of anilines is 2. The third-order valence-electron chi connectivity index (χ3n) is 4.62. The van der Waals surface area contributed by atoms with E-state index in [4.69, 9.17) is 4.74 Å². The van der Waals surface area contributed by atoms with Gasteiger partial charge in [-0.3, -0.25) is 9.59 Å². The Morgan fingerprint density at radius 2 is 1.71 bits per heavy atom. The third-order valence-corrected chi connectivity index (χ3v) is 5.15. The number of ether oxygens (including phenoxy) is 1. The quantitative estimate of drug-likeness (QED) is 0.739. The first kappa shape index (κ1) is 20.4. The van der Waals surface area contributed by atoms with Crippen LogP contribution in [0.5, 0.6) is 0 Å². The van der Waals surface area contributed by atoms with Gasteiger partial charge in [0, 0.05) is 41.0 Å². The topological polar surface area (TPSA) is 61.9 Å². The number of hydrogen-bond donors (Lipinski definition) is 1. The van der Waals surface area contributed by atoms with Crippen LogP contribution in [0.3, 0.4) is 0 Å². The van der Waals surface area contributed by atoms with Gasteiger partial charge in [-0.15, -0.1) is 0 Å². The highest BCUT2D eigenvalue weighted by Gasteiger charge is 2.17. The van der Waals surface area contributed by atoms with Gasteiger partial charge >= 0.3 is 0 Å². The SMILES string of the molecule is CCN(CC(=O)Nc1ccc(N2CCOCC2)cc1)C(=O)c1ccc(Br)cc1. The van der Waals surface area contributed by atoms with E-state index in [1.807, 2.05) is 43.3 Å². The fourth-order valence-corrected chi connectivity index (χ4v) is 3.32. The standard InChI is InChI=1S/C21H24BrN3O3/c1-2-24(21(27)16-3-5-17(22)6-4-16)15-20(26)23-18-7-9-19(10-8-18)25-11-13-28-14-12-25/h3-10H,2,11-15H2,1H3,(H,23,26). The second-order valence-electron chi connectivity index (χ2n) is 6.52. The Balaban J connectivity index is 1.57. The number of hydrogen-bond acceptors (Lipinski definition) is 4. The predicted octanol–water partition coefficient (Wildman–Crippen LogP) is 3.39. The Bertz CT molecular complexity index is 803. The molecule has 2 amide bonds. The van der Waals surface area contributed by atoms with Crippen LogP contribution in [0.15, 0.2) is 53.0 Å². The molecule has 148 valence electrons. The first-order valence-corrected chi connectivity index (χ1v) is 10.1. The highest BCUT2D eigenvalue weighted by atomic mass is 79.9. The minimum Gasteiger partial charge on any atom is -0.378 e. The van der Waals surface area contributed by atoms with Crippen molar-refractivity contribution in [2.24, 2.45) is 0 Å². The lowest BCUT2D eigenvalue weighted by Crippen LogP contribution is -2.38. The smallest absolute Gasteiger partial charge is 0.254 e. The van der Waals surface area contributed by atoms with Crippen LogP contribution in [-0.2, 0) is 9.53 Å². The number of amides is 2. The molecular formula is C21H24BrN3O3. The van der Waals surface area contributed by atoms with Gasteiger partial charge in [0.2, 0.25) is 5.91 Å². The predicted molar refractivity (Wildman–Crippen MR) is 114 cm³/mol. The molecule has 0 bridgehead atoms. The second kappa shape index (κ2) is 9.71. The van der Waals surface area contributed by atoms with E-state index in [0.717, 1.165) is 36.5 Å². The summed E-state index contributed by atoms with van der Waals surface area (Å²) in [4.78, 5) is 28.8. The van der Waals surface area contributed by atoms with Crippen LogP contribution < -0.4 is 10.2 Å². The lowest BCUT2D eigenvalue weighted by molar-refractivity contribution is -0.116. The highest BCUT2D eigenvalue weighted by Crippen LogP contribution is 2.19. The maximum atomic E-state index is 12.6. The summed E-state index contributed by atoms with van der Waals surface area (Å²) in [5.74, 6) is -0.376. The van der Waals surface area contributed by atoms with Gasteiger partial charge in [0.05, 0.1) is 13.2 Å². The average Bonchev–Trinajstić information content (AvgIpc) is 2.73. The maximum Gasteiger partial charge on any atom is 0.254 e. The molecule has 1 N–H and O–H groups in total. The number of carbonyl (C=O) groups excluding carboxylic acids is 2. The van der Waals surface area contributed by atoms with Crippen molar-refractivity contribution in [3.63, 3.8) is 0 Å². The summed E-state index contributed by atoms with van der Waals surface area (Å²) in [5.41, 5.74) is 2.39. The molecule has 0 aliphatic carbocycles. The van der Waals surface area contributed by atoms with Gasteiger partial charge in [-0.1, -0.05) is 15.9 Å². The van der Waals surface area contributed by atoms with E-state index in [0.29, 0.717) is 17.8 Å². The van der Waals surface area contributed by atoms with E-state index in [-0.39, 0.29) is 18.4 Å². The molecule has 1 heterocycles. The van der Waals surface area contributed by atoms with Gasteiger partial charge in [-0.05, 0) is 55.5 Å². The van der Waals surface area contributed by atoms with Gasteiger partial charge in [0.25, 0.3) is 5.91 Å². The molecule has 2 aromatic carbocycles. The minimum absolute atomic E-state index is 0.0105. The van der Waals surface area contributed by atoms with Gasteiger partial charge in [0.1, 0.15) is 6.54 Å². The molecule has 1 aliphatic heterocycles. The second-order valence-corrected chi connectivity index (χ2v) is 7.44. The summed E-state index contributed by atoms with van der Waals surface area (Å²) in [6.45, 7) is 5.54. The molecule has 6 nitrogen and oxygen atoms in total. The van der Waals surface area contributed by atoms with Crippen LogP contribution in [0, 0.1) is 0 Å². The highest BCUT2D eigenvalue weighted by molar-refractivity contribution is 9.10. The zero-order valence-electron chi connectivity index (χ0n) is 15.9. The molecule has 0 spiro atoms. The molecule has 2 aromatic rings. The van der Waals surface area contributed by atoms with E-state index in [2.05, 4.69) is 26.1 Å². The molecule has 0 radical (unpaired) electrons. The van der Waals surface area contributed by atoms with Crippen molar-refractivity contribution < 1.29 is 14.3 Å². The number of morpholine rings is 1. The third kappa shape index (κ3) is 5.33. The molecule has 1 aliphatic rings. The van der Waals surface area contributed by atoms with Crippen molar-refractivity contribution in [3.05, 3.63) is 58.6 Å². The fraction of sp³-hybridized carbons (Fsp3) is 0.333. The zero-order chi connectivity index (χ0) is 19.9. The molecule has 1 saturated heterocycles. The summed E-state index contributed by atoms with van der Waals surface area (Å²) < 4.78 is 6.28. The van der Waals surface area contributed by atoms with Crippen LogP contribution in [0.1, 0.15) is 17.3 Å². The molecule has 0 aromatic heterocycles. The van der Waals surface area contributed by atoms with E-state index in [9.17, 15) is 9.59 Å². The summed E-state index contributed by atoms with van der Waals surface area (Å²) in [6.07, 6.45) is 0. The number of nitrogens with one attached hydrogen (secondary N) is 1. The number of halogens is 1. The van der Waals surface area contributed by atoms with E-state index < -0.39 is 0 Å². The Morgan fingerprint density at radius 3 is 2.32 bits per heavy atom. The Morgan fingerprint density at radius 1 is 1.07 bits per heavy atom. The Kier molecular flexibility index (Phi) is 7.06. The molecule has 7 heteroatoms. The molecule has 28 heavy (non-hydrogen) atoms. The van der Waals surface area contributed by atoms with Crippen molar-refractivity contribution in [1.29, 1.82) is 0 Å². The Hall–Kier alpha value is -2.38. The number of likely N-dealkylation sites (N-methyl/N-ethyl adjacent to an activating group) is 1. The molecule has 1 fully saturated rings. The van der Waals surface area contributed by atoms with Crippen molar-refractivity contribution in [2.75, 3.05) is 49.6 Å².